The zero-order chi connectivity index (χ0) is 15.7. The van der Waals surface area contributed by atoms with Crippen LogP contribution in [0.5, 0.6) is 0 Å². The highest BCUT2D eigenvalue weighted by molar-refractivity contribution is 7.10. The molecule has 1 N–H and O–H groups in total. The number of nitrogens with one attached hydrogen (secondary N) is 1. The van der Waals surface area contributed by atoms with Gasteiger partial charge in [-0.1, -0.05) is 30.1 Å². The molecule has 3 nitrogen and oxygen atoms in total. The molecule has 2 amide bonds. The van der Waals surface area contributed by atoms with E-state index in [9.17, 15) is 4.79 Å². The molecule has 116 valence electrons. The van der Waals surface area contributed by atoms with Gasteiger partial charge in [0, 0.05) is 17.1 Å². The van der Waals surface area contributed by atoms with E-state index in [-0.39, 0.29) is 12.1 Å². The van der Waals surface area contributed by atoms with Crippen LogP contribution in [0.4, 0.5) is 10.5 Å². The van der Waals surface area contributed by atoms with Crippen molar-refractivity contribution in [2.45, 2.75) is 25.8 Å². The quantitative estimate of drug-likeness (QED) is 0.748. The summed E-state index contributed by atoms with van der Waals surface area (Å²) in [4.78, 5) is 15.9. The van der Waals surface area contributed by atoms with Crippen molar-refractivity contribution in [2.75, 3.05) is 11.9 Å². The van der Waals surface area contributed by atoms with Crippen molar-refractivity contribution in [1.29, 1.82) is 0 Å². The molecule has 2 heterocycles. The Morgan fingerprint density at radius 1 is 1.36 bits per heavy atom. The minimum absolute atomic E-state index is 0.0953. The zero-order valence-electron chi connectivity index (χ0n) is 12.1. The fraction of sp³-hybridized carbons (Fsp3) is 0.312. The number of carbonyl (C=O) groups is 1. The van der Waals surface area contributed by atoms with Gasteiger partial charge in [-0.2, -0.15) is 0 Å². The maximum atomic E-state index is 12.6. The molecule has 0 aliphatic carbocycles. The lowest BCUT2D eigenvalue weighted by Gasteiger charge is -2.35. The molecule has 22 heavy (non-hydrogen) atoms. The summed E-state index contributed by atoms with van der Waals surface area (Å²) in [5.41, 5.74) is 1.94. The Kier molecular flexibility index (Phi) is 4.62. The lowest BCUT2D eigenvalue weighted by molar-refractivity contribution is 0.181. The number of anilines is 1. The highest BCUT2D eigenvalue weighted by Crippen LogP contribution is 2.35. The van der Waals surface area contributed by atoms with Crippen LogP contribution >= 0.6 is 34.5 Å². The van der Waals surface area contributed by atoms with E-state index in [4.69, 9.17) is 23.2 Å². The molecule has 1 aliphatic rings. The van der Waals surface area contributed by atoms with Crippen LogP contribution in [0.15, 0.2) is 29.6 Å². The second kappa shape index (κ2) is 6.49. The van der Waals surface area contributed by atoms with Crippen LogP contribution < -0.4 is 5.32 Å². The summed E-state index contributed by atoms with van der Waals surface area (Å²) in [6.45, 7) is 2.84. The van der Waals surface area contributed by atoms with E-state index < -0.39 is 0 Å². The Balaban J connectivity index is 1.78. The summed E-state index contributed by atoms with van der Waals surface area (Å²) in [6.07, 6.45) is 1.82. The molecule has 0 bridgehead atoms. The minimum Gasteiger partial charge on any atom is -0.317 e. The third kappa shape index (κ3) is 2.96. The van der Waals surface area contributed by atoms with E-state index in [2.05, 4.69) is 23.7 Å². The third-order valence-corrected chi connectivity index (χ3v) is 5.65. The van der Waals surface area contributed by atoms with Gasteiger partial charge in [0.15, 0.2) is 0 Å². The molecule has 6 heteroatoms. The molecule has 0 spiro atoms. The average Bonchev–Trinajstić information content (AvgIpc) is 2.98. The van der Waals surface area contributed by atoms with Crippen LogP contribution in [-0.4, -0.2) is 17.5 Å². The maximum absolute atomic E-state index is 12.6. The van der Waals surface area contributed by atoms with Gasteiger partial charge in [0.1, 0.15) is 0 Å². The first kappa shape index (κ1) is 15.7. The molecule has 0 fully saturated rings. The van der Waals surface area contributed by atoms with E-state index in [0.717, 1.165) is 19.4 Å². The fourth-order valence-electron chi connectivity index (χ4n) is 2.85. The molecule has 3 rings (SSSR count). The smallest absolute Gasteiger partial charge is 0.317 e. The van der Waals surface area contributed by atoms with Crippen molar-refractivity contribution in [2.24, 2.45) is 0 Å². The van der Waals surface area contributed by atoms with Gasteiger partial charge in [0.05, 0.1) is 16.1 Å². The lowest BCUT2D eigenvalue weighted by Crippen LogP contribution is -2.41. The van der Waals surface area contributed by atoms with Gasteiger partial charge in [-0.25, -0.2) is 4.79 Å². The molecule has 0 radical (unpaired) electrons. The zero-order valence-corrected chi connectivity index (χ0v) is 14.4. The molecule has 0 saturated heterocycles. The third-order valence-electron chi connectivity index (χ3n) is 3.91. The molecule has 2 aromatic rings. The van der Waals surface area contributed by atoms with Crippen LogP contribution in [0.2, 0.25) is 10.0 Å². The summed E-state index contributed by atoms with van der Waals surface area (Å²) < 4.78 is 0. The molecule has 1 aromatic heterocycles. The largest absolute Gasteiger partial charge is 0.322 e. The van der Waals surface area contributed by atoms with E-state index in [1.165, 1.54) is 10.4 Å². The Hall–Kier alpha value is -1.23. The topological polar surface area (TPSA) is 32.3 Å². The summed E-state index contributed by atoms with van der Waals surface area (Å²) >= 11 is 13.7. The van der Waals surface area contributed by atoms with Crippen LogP contribution in [-0.2, 0) is 6.42 Å². The van der Waals surface area contributed by atoms with Crippen LogP contribution in [0, 0.1) is 0 Å². The van der Waals surface area contributed by atoms with E-state index >= 15 is 0 Å². The van der Waals surface area contributed by atoms with Crippen molar-refractivity contribution in [1.82, 2.24) is 4.90 Å². The number of urea groups is 1. The van der Waals surface area contributed by atoms with Crippen molar-refractivity contribution in [3.63, 3.8) is 0 Å². The van der Waals surface area contributed by atoms with E-state index in [1.54, 1.807) is 29.5 Å². The van der Waals surface area contributed by atoms with Crippen molar-refractivity contribution in [3.05, 3.63) is 50.1 Å². The number of hydrogen-bond donors (Lipinski definition) is 1. The fourth-order valence-corrected chi connectivity index (χ4v) is 4.08. The number of fused-ring (bicyclic) bond motifs is 1. The number of nitrogens with zero attached hydrogens (tertiary/aromatic N) is 1. The van der Waals surface area contributed by atoms with Crippen molar-refractivity contribution >= 4 is 46.3 Å². The number of benzene rings is 1. The van der Waals surface area contributed by atoms with Crippen molar-refractivity contribution < 1.29 is 4.79 Å². The highest BCUT2D eigenvalue weighted by Gasteiger charge is 2.30. The molecule has 1 aromatic carbocycles. The van der Waals surface area contributed by atoms with Crippen molar-refractivity contribution in [3.8, 4) is 0 Å². The second-order valence-electron chi connectivity index (χ2n) is 5.23. The monoisotopic (exact) mass is 354 g/mol. The van der Waals surface area contributed by atoms with Gasteiger partial charge in [0.25, 0.3) is 0 Å². The average molecular weight is 355 g/mol. The van der Waals surface area contributed by atoms with E-state index in [0.29, 0.717) is 15.7 Å². The Bertz CT molecular complexity index is 701. The van der Waals surface area contributed by atoms with Gasteiger partial charge in [0.2, 0.25) is 0 Å². The molecule has 0 saturated carbocycles. The number of thiophene rings is 1. The van der Waals surface area contributed by atoms with Gasteiger partial charge < -0.3 is 10.2 Å². The van der Waals surface area contributed by atoms with Gasteiger partial charge in [-0.15, -0.1) is 11.3 Å². The minimum atomic E-state index is -0.0953. The van der Waals surface area contributed by atoms with Gasteiger partial charge >= 0.3 is 6.03 Å². The van der Waals surface area contributed by atoms with Gasteiger partial charge in [-0.05, 0) is 48.1 Å². The molecular formula is C16H16Cl2N2OS. The number of halogens is 2. The first-order chi connectivity index (χ1) is 10.6. The molecule has 1 aliphatic heterocycles. The number of rotatable bonds is 2. The summed E-state index contributed by atoms with van der Waals surface area (Å²) in [5, 5.41) is 5.93. The second-order valence-corrected chi connectivity index (χ2v) is 7.04. The number of hydrogen-bond acceptors (Lipinski definition) is 2. The Morgan fingerprint density at radius 2 is 2.18 bits per heavy atom. The number of carbonyl (C=O) groups excluding carboxylic acids is 1. The number of amides is 2. The van der Waals surface area contributed by atoms with Crippen LogP contribution in [0.25, 0.3) is 0 Å². The standard InChI is InChI=1S/C16H16Cl2N2OS/c1-2-14-11-6-8-22-15(11)5-7-20(14)16(21)19-10-3-4-12(17)13(18)9-10/h3-4,6,8-9,14H,2,5,7H2,1H3,(H,19,21). The highest BCUT2D eigenvalue weighted by atomic mass is 35.5. The first-order valence-electron chi connectivity index (χ1n) is 7.19. The van der Waals surface area contributed by atoms with Gasteiger partial charge in [-0.3, -0.25) is 0 Å². The normalized spacial score (nSPS) is 17.2. The van der Waals surface area contributed by atoms with E-state index in [1.807, 2.05) is 4.90 Å². The predicted octanol–water partition coefficient (Wildman–Crippen LogP) is 5.60. The Morgan fingerprint density at radius 3 is 2.91 bits per heavy atom. The van der Waals surface area contributed by atoms with Crippen LogP contribution in [0.3, 0.4) is 0 Å². The maximum Gasteiger partial charge on any atom is 0.322 e. The molecule has 1 unspecified atom stereocenters. The van der Waals surface area contributed by atoms with Crippen LogP contribution in [0.1, 0.15) is 29.8 Å². The summed E-state index contributed by atoms with van der Waals surface area (Å²) in [5.74, 6) is 0. The molecule has 1 atom stereocenters. The lowest BCUT2D eigenvalue weighted by atomic mass is 9.98. The summed E-state index contributed by atoms with van der Waals surface area (Å²) in [7, 11) is 0. The molecular weight excluding hydrogens is 339 g/mol. The first-order valence-corrected chi connectivity index (χ1v) is 8.82. The SMILES string of the molecule is CCC1c2ccsc2CCN1C(=O)Nc1ccc(Cl)c(Cl)c1. The summed E-state index contributed by atoms with van der Waals surface area (Å²) in [6, 6.07) is 7.28. The Labute approximate surface area is 143 Å². The predicted molar refractivity (Wildman–Crippen MR) is 93.2 cm³/mol.